The summed E-state index contributed by atoms with van der Waals surface area (Å²) >= 11 is 5.89. The monoisotopic (exact) mass is 457 g/mol. The van der Waals surface area contributed by atoms with Crippen LogP contribution >= 0.6 is 11.6 Å². The van der Waals surface area contributed by atoms with Crippen molar-refractivity contribution in [2.45, 2.75) is 19.9 Å². The van der Waals surface area contributed by atoms with E-state index in [0.717, 1.165) is 0 Å². The van der Waals surface area contributed by atoms with Gasteiger partial charge in [-0.05, 0) is 54.4 Å². The van der Waals surface area contributed by atoms with E-state index < -0.39 is 6.04 Å². The van der Waals surface area contributed by atoms with Gasteiger partial charge < -0.3 is 19.9 Å². The van der Waals surface area contributed by atoms with E-state index in [2.05, 4.69) is 5.32 Å². The number of amides is 3. The van der Waals surface area contributed by atoms with Gasteiger partial charge in [0.2, 0.25) is 5.91 Å². The maximum Gasteiger partial charge on any atom is 0.253 e. The number of carbonyl (C=O) groups is 3. The first kappa shape index (κ1) is 23.6. The molecule has 1 saturated heterocycles. The largest absolute Gasteiger partial charge is 0.497 e. The number of nitrogens with zero attached hydrogens (tertiary/aromatic N) is 2. The minimum Gasteiger partial charge on any atom is -0.497 e. The lowest BCUT2D eigenvalue weighted by Crippen LogP contribution is -2.57. The van der Waals surface area contributed by atoms with Crippen LogP contribution in [-0.4, -0.2) is 66.9 Å². The highest BCUT2D eigenvalue weighted by molar-refractivity contribution is 6.30. The van der Waals surface area contributed by atoms with E-state index in [-0.39, 0.29) is 23.6 Å². The highest BCUT2D eigenvalue weighted by Gasteiger charge is 2.32. The lowest BCUT2D eigenvalue weighted by Gasteiger charge is -2.37. The highest BCUT2D eigenvalue weighted by atomic mass is 35.5. The summed E-state index contributed by atoms with van der Waals surface area (Å²) in [6.45, 7) is 5.50. The van der Waals surface area contributed by atoms with Crippen molar-refractivity contribution in [2.75, 3.05) is 33.3 Å². The summed E-state index contributed by atoms with van der Waals surface area (Å²) in [5, 5.41) is 3.40. The maximum absolute atomic E-state index is 13.2. The number of halogens is 1. The van der Waals surface area contributed by atoms with Gasteiger partial charge in [-0.3, -0.25) is 14.4 Å². The third-order valence-corrected chi connectivity index (χ3v) is 5.79. The Kier molecular flexibility index (Phi) is 7.75. The molecule has 1 atom stereocenters. The van der Waals surface area contributed by atoms with Crippen LogP contribution in [0.3, 0.4) is 0 Å². The molecule has 3 amide bonds. The van der Waals surface area contributed by atoms with E-state index in [9.17, 15) is 14.4 Å². The second-order valence-electron chi connectivity index (χ2n) is 8.05. The first-order valence-electron chi connectivity index (χ1n) is 10.6. The molecule has 7 nitrogen and oxygen atoms in total. The van der Waals surface area contributed by atoms with Crippen LogP contribution in [0.25, 0.3) is 0 Å². The average molecular weight is 458 g/mol. The lowest BCUT2D eigenvalue weighted by molar-refractivity contribution is -0.135. The number of ether oxygens (including phenoxy) is 1. The molecule has 8 heteroatoms. The van der Waals surface area contributed by atoms with Gasteiger partial charge in [0, 0.05) is 42.3 Å². The highest BCUT2D eigenvalue weighted by Crippen LogP contribution is 2.16. The summed E-state index contributed by atoms with van der Waals surface area (Å²) in [4.78, 5) is 42.0. The van der Waals surface area contributed by atoms with Crippen LogP contribution in [0.4, 0.5) is 0 Å². The predicted octanol–water partition coefficient (Wildman–Crippen LogP) is 3.09. The van der Waals surface area contributed by atoms with E-state index in [0.29, 0.717) is 48.1 Å². The Bertz CT molecular complexity index is 952. The molecule has 170 valence electrons. The van der Waals surface area contributed by atoms with E-state index in [1.807, 2.05) is 13.8 Å². The summed E-state index contributed by atoms with van der Waals surface area (Å²) in [6, 6.07) is 12.9. The Morgan fingerprint density at radius 3 is 1.94 bits per heavy atom. The van der Waals surface area contributed by atoms with Crippen molar-refractivity contribution in [3.63, 3.8) is 0 Å². The van der Waals surface area contributed by atoms with E-state index in [1.54, 1.807) is 65.4 Å². The van der Waals surface area contributed by atoms with E-state index in [1.165, 1.54) is 0 Å². The second-order valence-corrected chi connectivity index (χ2v) is 8.48. The average Bonchev–Trinajstić information content (AvgIpc) is 2.82. The number of rotatable bonds is 6. The SMILES string of the molecule is COc1ccc(C(=O)N2CCN(C(=O)C(NC(=O)c3ccc(Cl)cc3)C(C)C)CC2)cc1. The third-order valence-electron chi connectivity index (χ3n) is 5.54. The molecular formula is C24H28ClN3O4. The number of hydrogen-bond acceptors (Lipinski definition) is 4. The van der Waals surface area contributed by atoms with Crippen molar-refractivity contribution in [3.8, 4) is 5.75 Å². The summed E-state index contributed by atoms with van der Waals surface area (Å²) in [6.07, 6.45) is 0. The van der Waals surface area contributed by atoms with Gasteiger partial charge in [-0.2, -0.15) is 0 Å². The van der Waals surface area contributed by atoms with Gasteiger partial charge in [-0.1, -0.05) is 25.4 Å². The summed E-state index contributed by atoms with van der Waals surface area (Å²) in [7, 11) is 1.58. The Hall–Kier alpha value is -3.06. The summed E-state index contributed by atoms with van der Waals surface area (Å²) in [5.41, 5.74) is 1.03. The number of nitrogens with one attached hydrogen (secondary N) is 1. The molecule has 1 N–H and O–H groups in total. The van der Waals surface area contributed by atoms with Crippen LogP contribution in [0, 0.1) is 5.92 Å². The molecular weight excluding hydrogens is 430 g/mol. The Labute approximate surface area is 193 Å². The van der Waals surface area contributed by atoms with Crippen LogP contribution < -0.4 is 10.1 Å². The van der Waals surface area contributed by atoms with Crippen molar-refractivity contribution in [1.82, 2.24) is 15.1 Å². The van der Waals surface area contributed by atoms with Gasteiger partial charge in [0.1, 0.15) is 11.8 Å². The van der Waals surface area contributed by atoms with Crippen LogP contribution in [0.15, 0.2) is 48.5 Å². The fourth-order valence-corrected chi connectivity index (χ4v) is 3.71. The quantitative estimate of drug-likeness (QED) is 0.723. The number of benzene rings is 2. The molecule has 2 aromatic carbocycles. The Balaban J connectivity index is 1.59. The topological polar surface area (TPSA) is 79.0 Å². The predicted molar refractivity (Wildman–Crippen MR) is 123 cm³/mol. The zero-order valence-electron chi connectivity index (χ0n) is 18.5. The molecule has 0 radical (unpaired) electrons. The smallest absolute Gasteiger partial charge is 0.253 e. The number of carbonyl (C=O) groups excluding carboxylic acids is 3. The number of methoxy groups -OCH3 is 1. The summed E-state index contributed by atoms with van der Waals surface area (Å²) < 4.78 is 5.13. The summed E-state index contributed by atoms with van der Waals surface area (Å²) in [5.74, 6) is 0.0761. The zero-order chi connectivity index (χ0) is 23.3. The van der Waals surface area contributed by atoms with Crippen molar-refractivity contribution in [2.24, 2.45) is 5.92 Å². The molecule has 0 aromatic heterocycles. The minimum atomic E-state index is -0.651. The fourth-order valence-electron chi connectivity index (χ4n) is 3.58. The minimum absolute atomic E-state index is 0.0730. The van der Waals surface area contributed by atoms with Crippen molar-refractivity contribution < 1.29 is 19.1 Å². The van der Waals surface area contributed by atoms with Crippen molar-refractivity contribution in [1.29, 1.82) is 0 Å². The van der Waals surface area contributed by atoms with Gasteiger partial charge in [0.25, 0.3) is 11.8 Å². The molecule has 1 fully saturated rings. The molecule has 0 saturated carbocycles. The molecule has 1 aliphatic rings. The molecule has 0 aliphatic carbocycles. The number of hydrogen-bond donors (Lipinski definition) is 1. The third kappa shape index (κ3) is 5.59. The van der Waals surface area contributed by atoms with Crippen LogP contribution in [0.2, 0.25) is 5.02 Å². The fraction of sp³-hybridized carbons (Fsp3) is 0.375. The van der Waals surface area contributed by atoms with Crippen LogP contribution in [0.1, 0.15) is 34.6 Å². The van der Waals surface area contributed by atoms with Crippen LogP contribution in [0.5, 0.6) is 5.75 Å². The Morgan fingerprint density at radius 1 is 0.875 bits per heavy atom. The zero-order valence-corrected chi connectivity index (χ0v) is 19.3. The van der Waals surface area contributed by atoms with Gasteiger partial charge in [-0.25, -0.2) is 0 Å². The first-order valence-corrected chi connectivity index (χ1v) is 11.0. The standard InChI is InChI=1S/C24H28ClN3O4/c1-16(2)21(26-22(29)17-4-8-19(25)9-5-17)24(31)28-14-12-27(13-15-28)23(30)18-6-10-20(32-3)11-7-18/h4-11,16,21H,12-15H2,1-3H3,(H,26,29). The second kappa shape index (κ2) is 10.5. The maximum atomic E-state index is 13.2. The van der Waals surface area contributed by atoms with Gasteiger partial charge in [0.15, 0.2) is 0 Å². The number of piperazine rings is 1. The van der Waals surface area contributed by atoms with Crippen LogP contribution in [-0.2, 0) is 4.79 Å². The molecule has 2 aromatic rings. The molecule has 1 aliphatic heterocycles. The molecule has 0 bridgehead atoms. The first-order chi connectivity index (χ1) is 15.3. The van der Waals surface area contributed by atoms with Gasteiger partial charge in [0.05, 0.1) is 7.11 Å². The van der Waals surface area contributed by atoms with Crippen molar-refractivity contribution in [3.05, 3.63) is 64.7 Å². The molecule has 32 heavy (non-hydrogen) atoms. The van der Waals surface area contributed by atoms with Gasteiger partial charge >= 0.3 is 0 Å². The Morgan fingerprint density at radius 2 is 1.41 bits per heavy atom. The lowest BCUT2D eigenvalue weighted by atomic mass is 10.0. The van der Waals surface area contributed by atoms with Gasteiger partial charge in [-0.15, -0.1) is 0 Å². The molecule has 0 spiro atoms. The van der Waals surface area contributed by atoms with E-state index in [4.69, 9.17) is 16.3 Å². The molecule has 3 rings (SSSR count). The van der Waals surface area contributed by atoms with Crippen molar-refractivity contribution >= 4 is 29.3 Å². The molecule has 1 unspecified atom stereocenters. The normalized spacial score (nSPS) is 14.8. The molecule has 1 heterocycles. The van der Waals surface area contributed by atoms with E-state index >= 15 is 0 Å².